The highest BCUT2D eigenvalue weighted by Crippen LogP contribution is 2.15. The van der Waals surface area contributed by atoms with Crippen molar-refractivity contribution < 1.29 is 27.5 Å². The smallest absolute Gasteiger partial charge is 0.325 e. The molecule has 2 aromatic rings. The van der Waals surface area contributed by atoms with Crippen molar-refractivity contribution in [2.75, 3.05) is 24.7 Å². The van der Waals surface area contributed by atoms with Crippen LogP contribution in [0.15, 0.2) is 42.5 Å². The van der Waals surface area contributed by atoms with Gasteiger partial charge >= 0.3 is 5.97 Å². The van der Waals surface area contributed by atoms with Gasteiger partial charge < -0.3 is 15.4 Å². The van der Waals surface area contributed by atoms with E-state index in [4.69, 9.17) is 4.74 Å². The van der Waals surface area contributed by atoms with Crippen molar-refractivity contribution in [1.29, 1.82) is 0 Å². The Morgan fingerprint density at radius 1 is 1.07 bits per heavy atom. The van der Waals surface area contributed by atoms with Crippen LogP contribution in [0.25, 0.3) is 10.8 Å². The Morgan fingerprint density at radius 2 is 1.82 bits per heavy atom. The number of carbonyl (C=O) groups is 3. The molecule has 1 atom stereocenters. The fourth-order valence-electron chi connectivity index (χ4n) is 2.96. The standard InChI is InChI=1S/C19H20N2O6S/c22-17(21-16-7-8-28(25,26)12-16)11-27-18(23)10-20-19(24)15-6-5-13-3-1-2-4-14(13)9-15/h1-6,9,16H,7-8,10-12H2,(H,20,24)(H,21,22)/t16-/m1/s1. The van der Waals surface area contributed by atoms with Crippen LogP contribution < -0.4 is 10.6 Å². The average molecular weight is 404 g/mol. The van der Waals surface area contributed by atoms with E-state index in [2.05, 4.69) is 10.6 Å². The van der Waals surface area contributed by atoms with E-state index in [9.17, 15) is 22.8 Å². The maximum Gasteiger partial charge on any atom is 0.325 e. The Balaban J connectivity index is 1.42. The van der Waals surface area contributed by atoms with Crippen molar-refractivity contribution in [3.8, 4) is 0 Å². The molecule has 0 saturated carbocycles. The highest BCUT2D eigenvalue weighted by atomic mass is 32.2. The number of rotatable bonds is 6. The molecule has 28 heavy (non-hydrogen) atoms. The van der Waals surface area contributed by atoms with Crippen LogP contribution in [0, 0.1) is 0 Å². The van der Waals surface area contributed by atoms with Gasteiger partial charge in [-0.05, 0) is 29.3 Å². The van der Waals surface area contributed by atoms with Crippen molar-refractivity contribution in [1.82, 2.24) is 10.6 Å². The summed E-state index contributed by atoms with van der Waals surface area (Å²) in [4.78, 5) is 35.6. The molecular formula is C19H20N2O6S. The summed E-state index contributed by atoms with van der Waals surface area (Å²) in [7, 11) is -3.10. The Bertz CT molecular complexity index is 1020. The molecule has 1 aliphatic rings. The average Bonchev–Trinajstić information content (AvgIpc) is 3.02. The van der Waals surface area contributed by atoms with Gasteiger partial charge in [0.25, 0.3) is 11.8 Å². The molecule has 148 valence electrons. The molecule has 0 aromatic heterocycles. The number of amides is 2. The lowest BCUT2D eigenvalue weighted by Gasteiger charge is -2.11. The molecular weight excluding hydrogens is 384 g/mol. The number of esters is 1. The summed E-state index contributed by atoms with van der Waals surface area (Å²) in [5, 5.41) is 6.87. The van der Waals surface area contributed by atoms with Crippen molar-refractivity contribution in [2.45, 2.75) is 12.5 Å². The van der Waals surface area contributed by atoms with E-state index in [0.717, 1.165) is 10.8 Å². The molecule has 1 heterocycles. The number of ether oxygens (including phenoxy) is 1. The molecule has 2 amide bonds. The van der Waals surface area contributed by atoms with Crippen LogP contribution in [-0.2, 0) is 24.2 Å². The van der Waals surface area contributed by atoms with Gasteiger partial charge in [-0.1, -0.05) is 30.3 Å². The molecule has 1 saturated heterocycles. The molecule has 8 nitrogen and oxygen atoms in total. The molecule has 0 spiro atoms. The fraction of sp³-hybridized carbons (Fsp3) is 0.316. The van der Waals surface area contributed by atoms with E-state index in [1.807, 2.05) is 30.3 Å². The summed E-state index contributed by atoms with van der Waals surface area (Å²) in [6.45, 7) is -0.905. The van der Waals surface area contributed by atoms with Crippen molar-refractivity contribution in [2.24, 2.45) is 0 Å². The lowest BCUT2D eigenvalue weighted by Crippen LogP contribution is -2.39. The van der Waals surface area contributed by atoms with E-state index < -0.39 is 40.3 Å². The van der Waals surface area contributed by atoms with Gasteiger partial charge in [-0.2, -0.15) is 0 Å². The summed E-state index contributed by atoms with van der Waals surface area (Å²) in [6, 6.07) is 12.3. The molecule has 0 aliphatic carbocycles. The second-order valence-electron chi connectivity index (χ2n) is 6.57. The van der Waals surface area contributed by atoms with Crippen molar-refractivity contribution >= 4 is 38.4 Å². The third kappa shape index (κ3) is 5.29. The molecule has 1 aliphatic heterocycles. The predicted octanol–water partition coefficient (Wildman–Crippen LogP) is 0.416. The minimum atomic E-state index is -3.10. The Labute approximate surface area is 162 Å². The van der Waals surface area contributed by atoms with Crippen LogP contribution in [0.3, 0.4) is 0 Å². The van der Waals surface area contributed by atoms with Crippen LogP contribution in [0.4, 0.5) is 0 Å². The first kappa shape index (κ1) is 19.8. The van der Waals surface area contributed by atoms with Crippen molar-refractivity contribution in [3.63, 3.8) is 0 Å². The first-order chi connectivity index (χ1) is 13.3. The Morgan fingerprint density at radius 3 is 2.54 bits per heavy atom. The Hall–Kier alpha value is -2.94. The zero-order valence-corrected chi connectivity index (χ0v) is 15.8. The fourth-order valence-corrected chi connectivity index (χ4v) is 4.63. The Kier molecular flexibility index (Phi) is 5.93. The van der Waals surface area contributed by atoms with Gasteiger partial charge in [0.1, 0.15) is 6.54 Å². The summed E-state index contributed by atoms with van der Waals surface area (Å²) in [5.74, 6) is -1.82. The number of hydrogen-bond acceptors (Lipinski definition) is 6. The van der Waals surface area contributed by atoms with Crippen LogP contribution in [-0.4, -0.2) is 56.9 Å². The van der Waals surface area contributed by atoms with E-state index in [1.165, 1.54) is 0 Å². The summed E-state index contributed by atoms with van der Waals surface area (Å²) in [6.07, 6.45) is 0.351. The largest absolute Gasteiger partial charge is 0.454 e. The first-order valence-electron chi connectivity index (χ1n) is 8.75. The van der Waals surface area contributed by atoms with Gasteiger partial charge in [0.2, 0.25) is 0 Å². The number of benzene rings is 2. The molecule has 0 unspecified atom stereocenters. The molecule has 9 heteroatoms. The minimum Gasteiger partial charge on any atom is -0.454 e. The molecule has 3 rings (SSSR count). The van der Waals surface area contributed by atoms with Gasteiger partial charge in [-0.15, -0.1) is 0 Å². The SMILES string of the molecule is O=C(COC(=O)CNC(=O)c1ccc2ccccc2c1)N[C@@H]1CCS(=O)(=O)C1. The lowest BCUT2D eigenvalue weighted by atomic mass is 10.1. The number of fused-ring (bicyclic) bond motifs is 1. The monoisotopic (exact) mass is 404 g/mol. The first-order valence-corrected chi connectivity index (χ1v) is 10.6. The number of carbonyl (C=O) groups excluding carboxylic acids is 3. The van der Waals surface area contributed by atoms with E-state index >= 15 is 0 Å². The van der Waals surface area contributed by atoms with E-state index in [1.54, 1.807) is 12.1 Å². The third-order valence-electron chi connectivity index (χ3n) is 4.37. The van der Waals surface area contributed by atoms with Gasteiger partial charge in [-0.25, -0.2) is 8.42 Å². The number of nitrogens with one attached hydrogen (secondary N) is 2. The van der Waals surface area contributed by atoms with Crippen LogP contribution in [0.1, 0.15) is 16.8 Å². The maximum atomic E-state index is 12.2. The van der Waals surface area contributed by atoms with Crippen LogP contribution in [0.5, 0.6) is 0 Å². The molecule has 0 radical (unpaired) electrons. The zero-order valence-electron chi connectivity index (χ0n) is 15.0. The zero-order chi connectivity index (χ0) is 20.1. The van der Waals surface area contributed by atoms with Gasteiger partial charge in [-0.3, -0.25) is 14.4 Å². The second-order valence-corrected chi connectivity index (χ2v) is 8.80. The molecule has 0 bridgehead atoms. The van der Waals surface area contributed by atoms with Gasteiger partial charge in [0.15, 0.2) is 16.4 Å². The predicted molar refractivity (Wildman–Crippen MR) is 102 cm³/mol. The summed E-state index contributed by atoms with van der Waals surface area (Å²) >= 11 is 0. The summed E-state index contributed by atoms with van der Waals surface area (Å²) < 4.78 is 27.5. The van der Waals surface area contributed by atoms with E-state index in [-0.39, 0.29) is 18.1 Å². The maximum absolute atomic E-state index is 12.2. The third-order valence-corrected chi connectivity index (χ3v) is 6.13. The minimum absolute atomic E-state index is 0.0402. The normalized spacial score (nSPS) is 17.8. The van der Waals surface area contributed by atoms with Gasteiger partial charge in [0, 0.05) is 11.6 Å². The van der Waals surface area contributed by atoms with Crippen LogP contribution >= 0.6 is 0 Å². The molecule has 2 N–H and O–H groups in total. The van der Waals surface area contributed by atoms with Crippen LogP contribution in [0.2, 0.25) is 0 Å². The van der Waals surface area contributed by atoms with E-state index in [0.29, 0.717) is 12.0 Å². The molecule has 2 aromatic carbocycles. The quantitative estimate of drug-likeness (QED) is 0.674. The lowest BCUT2D eigenvalue weighted by molar-refractivity contribution is -0.147. The number of sulfone groups is 1. The van der Waals surface area contributed by atoms with Crippen molar-refractivity contribution in [3.05, 3.63) is 48.0 Å². The van der Waals surface area contributed by atoms with Gasteiger partial charge in [0.05, 0.1) is 11.5 Å². The highest BCUT2D eigenvalue weighted by Gasteiger charge is 2.29. The topological polar surface area (TPSA) is 119 Å². The summed E-state index contributed by atoms with van der Waals surface area (Å²) in [5.41, 5.74) is 0.409. The second kappa shape index (κ2) is 8.39. The molecule has 1 fully saturated rings. The highest BCUT2D eigenvalue weighted by molar-refractivity contribution is 7.91. The number of hydrogen-bond donors (Lipinski definition) is 2.